The molecule has 1 aromatic rings. The monoisotopic (exact) mass is 270 g/mol. The molecule has 0 aromatic heterocycles. The lowest BCUT2D eigenvalue weighted by Crippen LogP contribution is -2.28. The summed E-state index contributed by atoms with van der Waals surface area (Å²) >= 11 is 11.9. The Morgan fingerprint density at radius 2 is 2.00 bits per heavy atom. The van der Waals surface area contributed by atoms with Gasteiger partial charge in [0.05, 0.1) is 0 Å². The Morgan fingerprint density at radius 1 is 1.38 bits per heavy atom. The van der Waals surface area contributed by atoms with E-state index in [2.05, 4.69) is 22.2 Å². The van der Waals surface area contributed by atoms with Gasteiger partial charge in [-0.25, -0.2) is 0 Å². The molecule has 0 aliphatic heterocycles. The second kappa shape index (κ2) is 4.72. The van der Waals surface area contributed by atoms with Crippen LogP contribution in [0.1, 0.15) is 36.8 Å². The maximum absolute atomic E-state index is 6.27. The summed E-state index contributed by atoms with van der Waals surface area (Å²) in [6.07, 6.45) is 4.88. The fourth-order valence-corrected chi connectivity index (χ4v) is 3.80. The molecule has 2 rings (SSSR count). The number of halogens is 1. The minimum Gasteiger partial charge on any atom is -0.125 e. The van der Waals surface area contributed by atoms with E-state index in [0.717, 1.165) is 15.5 Å². The van der Waals surface area contributed by atoms with E-state index in [1.807, 2.05) is 12.1 Å². The van der Waals surface area contributed by atoms with Crippen LogP contribution in [0.15, 0.2) is 18.2 Å². The van der Waals surface area contributed by atoms with Gasteiger partial charge < -0.3 is 0 Å². The summed E-state index contributed by atoms with van der Waals surface area (Å²) in [6, 6.07) is 5.99. The first-order valence-corrected chi connectivity index (χ1v) is 7.00. The number of aryl methyl sites for hydroxylation is 1. The molecule has 3 heteroatoms. The molecule has 1 saturated carbocycles. The summed E-state index contributed by atoms with van der Waals surface area (Å²) in [5, 5.41) is 0.893. The van der Waals surface area contributed by atoms with Crippen molar-refractivity contribution >= 4 is 37.9 Å². The van der Waals surface area contributed by atoms with Crippen molar-refractivity contribution in [3.05, 3.63) is 34.3 Å². The number of hydrogen-bond donors (Lipinski definition) is 0. The molecule has 0 amide bonds. The van der Waals surface area contributed by atoms with Gasteiger partial charge in [0, 0.05) is 20.6 Å². The van der Waals surface area contributed by atoms with Gasteiger partial charge in [-0.2, -0.15) is 0 Å². The minimum atomic E-state index is 0.102. The average Bonchev–Trinajstić information content (AvgIpc) is 2.66. The molecule has 1 aliphatic rings. The fraction of sp³-hybridized carbons (Fsp3) is 0.462. The van der Waals surface area contributed by atoms with Gasteiger partial charge >= 0.3 is 0 Å². The standard InChI is InChI=1S/C13H16ClPS/c1-9-5-4-6-10(14)11(9)12(16)13(15)7-2-3-8-13/h4-6H,2-3,7-8,15H2,1H3. The van der Waals surface area contributed by atoms with E-state index in [9.17, 15) is 0 Å². The van der Waals surface area contributed by atoms with Gasteiger partial charge in [-0.1, -0.05) is 48.8 Å². The maximum atomic E-state index is 6.27. The van der Waals surface area contributed by atoms with Crippen LogP contribution in [0.5, 0.6) is 0 Å². The SMILES string of the molecule is Cc1cccc(Cl)c1C(=S)C1(P)CCCC1. The summed E-state index contributed by atoms with van der Waals surface area (Å²) < 4.78 is 0. The Bertz CT molecular complexity index is 402. The van der Waals surface area contributed by atoms with Crippen molar-refractivity contribution in [1.29, 1.82) is 0 Å². The van der Waals surface area contributed by atoms with Crippen LogP contribution in [0.3, 0.4) is 0 Å². The van der Waals surface area contributed by atoms with Crippen LogP contribution < -0.4 is 0 Å². The van der Waals surface area contributed by atoms with Gasteiger partial charge in [-0.15, -0.1) is 9.24 Å². The van der Waals surface area contributed by atoms with Crippen LogP contribution in [0.25, 0.3) is 0 Å². The van der Waals surface area contributed by atoms with E-state index < -0.39 is 0 Å². The van der Waals surface area contributed by atoms with Crippen molar-refractivity contribution in [2.24, 2.45) is 0 Å². The molecule has 86 valence electrons. The van der Waals surface area contributed by atoms with Gasteiger partial charge in [-0.05, 0) is 31.4 Å². The van der Waals surface area contributed by atoms with Gasteiger partial charge in [0.15, 0.2) is 0 Å². The minimum absolute atomic E-state index is 0.102. The highest BCUT2D eigenvalue weighted by Gasteiger charge is 2.35. The van der Waals surface area contributed by atoms with Crippen LogP contribution in [0.4, 0.5) is 0 Å². The van der Waals surface area contributed by atoms with Gasteiger partial charge in [-0.3, -0.25) is 0 Å². The molecule has 0 radical (unpaired) electrons. The third kappa shape index (κ3) is 2.18. The van der Waals surface area contributed by atoms with Crippen LogP contribution in [0, 0.1) is 6.92 Å². The number of benzene rings is 1. The van der Waals surface area contributed by atoms with Crippen LogP contribution in [-0.2, 0) is 0 Å². The second-order valence-electron chi connectivity index (χ2n) is 4.62. The quantitative estimate of drug-likeness (QED) is 0.431. The first kappa shape index (κ1) is 12.5. The maximum Gasteiger partial charge on any atom is 0.0492 e. The zero-order valence-corrected chi connectivity index (χ0v) is 12.2. The molecule has 0 heterocycles. The molecule has 0 N–H and O–H groups in total. The number of rotatable bonds is 2. The van der Waals surface area contributed by atoms with Crippen LogP contribution >= 0.6 is 33.1 Å². The molecule has 1 aliphatic carbocycles. The van der Waals surface area contributed by atoms with Crippen molar-refractivity contribution in [2.75, 3.05) is 0 Å². The molecule has 16 heavy (non-hydrogen) atoms. The third-order valence-electron chi connectivity index (χ3n) is 3.40. The lowest BCUT2D eigenvalue weighted by molar-refractivity contribution is 0.798. The molecular formula is C13H16ClPS. The van der Waals surface area contributed by atoms with Crippen molar-refractivity contribution in [1.82, 2.24) is 0 Å². The highest BCUT2D eigenvalue weighted by atomic mass is 35.5. The topological polar surface area (TPSA) is 0 Å². The highest BCUT2D eigenvalue weighted by Crippen LogP contribution is 2.42. The molecular weight excluding hydrogens is 255 g/mol. The summed E-state index contributed by atoms with van der Waals surface area (Å²) in [5.41, 5.74) is 2.27. The zero-order chi connectivity index (χ0) is 11.8. The second-order valence-corrected chi connectivity index (χ2v) is 6.54. The molecule has 1 fully saturated rings. The number of hydrogen-bond acceptors (Lipinski definition) is 1. The number of thiocarbonyl (C=S) groups is 1. The normalized spacial score (nSPS) is 18.7. The highest BCUT2D eigenvalue weighted by molar-refractivity contribution is 7.81. The summed E-state index contributed by atoms with van der Waals surface area (Å²) in [6.45, 7) is 2.08. The predicted octanol–water partition coefficient (Wildman–Crippen LogP) is 4.55. The Labute approximate surface area is 110 Å². The first-order valence-electron chi connectivity index (χ1n) is 5.63. The Kier molecular flexibility index (Phi) is 3.69. The van der Waals surface area contributed by atoms with E-state index in [1.165, 1.54) is 31.2 Å². The predicted molar refractivity (Wildman–Crippen MR) is 78.8 cm³/mol. The lowest BCUT2D eigenvalue weighted by Gasteiger charge is -2.26. The smallest absolute Gasteiger partial charge is 0.0492 e. The van der Waals surface area contributed by atoms with Crippen molar-refractivity contribution in [2.45, 2.75) is 37.8 Å². The van der Waals surface area contributed by atoms with Crippen molar-refractivity contribution in [3.63, 3.8) is 0 Å². The summed E-state index contributed by atoms with van der Waals surface area (Å²) in [4.78, 5) is 1.03. The van der Waals surface area contributed by atoms with Crippen LogP contribution in [0.2, 0.25) is 5.02 Å². The van der Waals surface area contributed by atoms with Gasteiger partial charge in [0.1, 0.15) is 0 Å². The van der Waals surface area contributed by atoms with E-state index in [4.69, 9.17) is 23.8 Å². The lowest BCUT2D eigenvalue weighted by atomic mass is 9.93. The third-order valence-corrected chi connectivity index (χ3v) is 5.40. The van der Waals surface area contributed by atoms with Crippen molar-refractivity contribution in [3.8, 4) is 0 Å². The molecule has 1 atom stereocenters. The summed E-state index contributed by atoms with van der Waals surface area (Å²) in [5.74, 6) is 0. The molecule has 1 unspecified atom stereocenters. The van der Waals surface area contributed by atoms with Gasteiger partial charge in [0.2, 0.25) is 0 Å². The molecule has 0 spiro atoms. The Morgan fingerprint density at radius 3 is 2.56 bits per heavy atom. The molecule has 0 bridgehead atoms. The van der Waals surface area contributed by atoms with Gasteiger partial charge in [0.25, 0.3) is 0 Å². The Hall–Kier alpha value is 0.0300. The largest absolute Gasteiger partial charge is 0.125 e. The average molecular weight is 271 g/mol. The molecule has 1 aromatic carbocycles. The van der Waals surface area contributed by atoms with E-state index in [1.54, 1.807) is 0 Å². The Balaban J connectivity index is 2.41. The molecule has 0 nitrogen and oxygen atoms in total. The van der Waals surface area contributed by atoms with E-state index in [-0.39, 0.29) is 5.16 Å². The summed E-state index contributed by atoms with van der Waals surface area (Å²) in [7, 11) is 2.96. The van der Waals surface area contributed by atoms with Crippen molar-refractivity contribution < 1.29 is 0 Å². The molecule has 0 saturated heterocycles. The van der Waals surface area contributed by atoms with E-state index >= 15 is 0 Å². The zero-order valence-electron chi connectivity index (χ0n) is 9.42. The fourth-order valence-electron chi connectivity index (χ4n) is 2.40. The van der Waals surface area contributed by atoms with E-state index in [0.29, 0.717) is 0 Å². The van der Waals surface area contributed by atoms with Crippen LogP contribution in [-0.4, -0.2) is 10.0 Å². The first-order chi connectivity index (χ1) is 7.54.